The van der Waals surface area contributed by atoms with Crippen LogP contribution in [0.4, 0.5) is 11.4 Å². The number of fused-ring (bicyclic) bond motifs is 1. The maximum Gasteiger partial charge on any atom is 0.307 e. The number of aliphatic carboxylic acids is 1. The molecule has 2 aliphatic rings. The van der Waals surface area contributed by atoms with Gasteiger partial charge in [0.15, 0.2) is 0 Å². The van der Waals surface area contributed by atoms with Gasteiger partial charge in [-0.05, 0) is 61.6 Å². The van der Waals surface area contributed by atoms with Crippen molar-refractivity contribution in [3.63, 3.8) is 0 Å². The van der Waals surface area contributed by atoms with Gasteiger partial charge in [0.05, 0.1) is 11.8 Å². The number of carbonyl (C=O) groups is 3. The Labute approximate surface area is 175 Å². The van der Waals surface area contributed by atoms with Crippen LogP contribution in [0.5, 0.6) is 0 Å². The van der Waals surface area contributed by atoms with Crippen LogP contribution in [0.15, 0.2) is 48.5 Å². The number of anilines is 2. The van der Waals surface area contributed by atoms with Crippen molar-refractivity contribution in [2.45, 2.75) is 38.5 Å². The second-order valence-electron chi connectivity index (χ2n) is 8.09. The third-order valence-electron chi connectivity index (χ3n) is 6.17. The number of hydrogen-bond acceptors (Lipinski definition) is 3. The predicted molar refractivity (Wildman–Crippen MR) is 115 cm³/mol. The van der Waals surface area contributed by atoms with E-state index in [1.54, 1.807) is 24.3 Å². The van der Waals surface area contributed by atoms with E-state index in [4.69, 9.17) is 0 Å². The summed E-state index contributed by atoms with van der Waals surface area (Å²) in [6.45, 7) is 0.687. The first-order chi connectivity index (χ1) is 14.5. The molecule has 0 spiro atoms. The number of carbonyl (C=O) groups excluding carboxylic acids is 2. The maximum absolute atomic E-state index is 13.0. The summed E-state index contributed by atoms with van der Waals surface area (Å²) in [5, 5.41) is 12.2. The number of amides is 2. The zero-order chi connectivity index (χ0) is 21.1. The van der Waals surface area contributed by atoms with Crippen LogP contribution in [-0.2, 0) is 16.0 Å². The molecule has 0 saturated heterocycles. The topological polar surface area (TPSA) is 86.7 Å². The maximum atomic E-state index is 13.0. The molecule has 0 unspecified atom stereocenters. The Morgan fingerprint density at radius 3 is 2.33 bits per heavy atom. The van der Waals surface area contributed by atoms with Gasteiger partial charge in [0.25, 0.3) is 5.91 Å². The minimum Gasteiger partial charge on any atom is -0.481 e. The number of carboxylic acids is 1. The average molecular weight is 406 g/mol. The second kappa shape index (κ2) is 8.69. The molecule has 2 N–H and O–H groups in total. The lowest BCUT2D eigenvalue weighted by molar-refractivity contribution is -0.147. The smallest absolute Gasteiger partial charge is 0.307 e. The van der Waals surface area contributed by atoms with Crippen molar-refractivity contribution >= 4 is 29.2 Å². The summed E-state index contributed by atoms with van der Waals surface area (Å²) in [4.78, 5) is 38.9. The molecule has 6 nitrogen and oxygen atoms in total. The first-order valence-corrected chi connectivity index (χ1v) is 10.6. The van der Waals surface area contributed by atoms with Gasteiger partial charge >= 0.3 is 5.97 Å². The summed E-state index contributed by atoms with van der Waals surface area (Å²) in [6, 6.07) is 14.8. The minimum atomic E-state index is -0.905. The summed E-state index contributed by atoms with van der Waals surface area (Å²) in [6.07, 6.45) is 4.75. The van der Waals surface area contributed by atoms with E-state index in [1.165, 1.54) is 5.56 Å². The number of rotatable bonds is 4. The van der Waals surface area contributed by atoms with Crippen LogP contribution >= 0.6 is 0 Å². The Morgan fingerprint density at radius 2 is 1.60 bits per heavy atom. The van der Waals surface area contributed by atoms with Crippen LogP contribution in [0.25, 0.3) is 0 Å². The molecule has 1 saturated carbocycles. The Kier molecular flexibility index (Phi) is 5.84. The van der Waals surface area contributed by atoms with E-state index in [1.807, 2.05) is 23.1 Å². The van der Waals surface area contributed by atoms with Gasteiger partial charge < -0.3 is 15.3 Å². The van der Waals surface area contributed by atoms with Crippen molar-refractivity contribution in [2.24, 2.45) is 11.8 Å². The Bertz CT molecular complexity index is 954. The van der Waals surface area contributed by atoms with Gasteiger partial charge in [-0.3, -0.25) is 14.4 Å². The lowest BCUT2D eigenvalue weighted by Crippen LogP contribution is -2.36. The van der Waals surface area contributed by atoms with Crippen molar-refractivity contribution in [3.8, 4) is 0 Å². The van der Waals surface area contributed by atoms with Crippen molar-refractivity contribution in [1.82, 2.24) is 0 Å². The van der Waals surface area contributed by atoms with Gasteiger partial charge in [-0.2, -0.15) is 0 Å². The molecule has 1 heterocycles. The first kappa shape index (κ1) is 20.1. The lowest BCUT2D eigenvalue weighted by Gasteiger charge is -2.29. The summed E-state index contributed by atoms with van der Waals surface area (Å²) >= 11 is 0. The molecule has 30 heavy (non-hydrogen) atoms. The molecular weight excluding hydrogens is 380 g/mol. The van der Waals surface area contributed by atoms with Crippen LogP contribution in [0.1, 0.15) is 48.0 Å². The molecule has 1 aliphatic carbocycles. The minimum absolute atomic E-state index is 0.0572. The number of para-hydroxylation sites is 1. The quantitative estimate of drug-likeness (QED) is 0.800. The van der Waals surface area contributed by atoms with E-state index in [2.05, 4.69) is 11.4 Å². The molecule has 1 aliphatic heterocycles. The highest BCUT2D eigenvalue weighted by Crippen LogP contribution is 2.32. The van der Waals surface area contributed by atoms with E-state index in [9.17, 15) is 19.5 Å². The SMILES string of the molecule is O=C(Nc1ccc(C(=O)N2CCCc3ccccc32)cc1)[C@H]1CCCC[C@H]1C(=O)O. The number of aryl methyl sites for hydroxylation is 1. The molecular formula is C24H26N2O4. The molecule has 0 aromatic heterocycles. The zero-order valence-corrected chi connectivity index (χ0v) is 16.8. The summed E-state index contributed by atoms with van der Waals surface area (Å²) in [5.41, 5.74) is 3.28. The van der Waals surface area contributed by atoms with Crippen LogP contribution in [-0.4, -0.2) is 29.4 Å². The van der Waals surface area contributed by atoms with E-state index in [0.717, 1.165) is 31.4 Å². The lowest BCUT2D eigenvalue weighted by atomic mass is 9.78. The Hall–Kier alpha value is -3.15. The van der Waals surface area contributed by atoms with Gasteiger partial charge in [-0.25, -0.2) is 0 Å². The van der Waals surface area contributed by atoms with Crippen molar-refractivity contribution in [1.29, 1.82) is 0 Å². The standard InChI is InChI=1S/C24H26N2O4/c27-22(19-8-2-3-9-20(19)24(29)30)25-18-13-11-17(12-14-18)23(28)26-15-5-7-16-6-1-4-10-21(16)26/h1,4,6,10-14,19-20H,2-3,5,7-9,15H2,(H,25,27)(H,29,30)/t19-,20+/m0/s1. The van der Waals surface area contributed by atoms with E-state index in [0.29, 0.717) is 30.6 Å². The largest absolute Gasteiger partial charge is 0.481 e. The Balaban J connectivity index is 1.45. The number of nitrogens with zero attached hydrogens (tertiary/aromatic N) is 1. The summed E-state index contributed by atoms with van der Waals surface area (Å²) < 4.78 is 0. The van der Waals surface area contributed by atoms with Crippen LogP contribution in [0, 0.1) is 11.8 Å². The van der Waals surface area contributed by atoms with Crippen LogP contribution in [0.3, 0.4) is 0 Å². The van der Waals surface area contributed by atoms with E-state index < -0.39 is 17.8 Å². The Morgan fingerprint density at radius 1 is 0.900 bits per heavy atom. The molecule has 156 valence electrons. The molecule has 2 atom stereocenters. The molecule has 0 radical (unpaired) electrons. The van der Waals surface area contributed by atoms with Gasteiger partial charge in [0, 0.05) is 23.5 Å². The molecule has 6 heteroatoms. The van der Waals surface area contributed by atoms with Crippen LogP contribution in [0.2, 0.25) is 0 Å². The van der Waals surface area contributed by atoms with Gasteiger partial charge in [0.1, 0.15) is 0 Å². The zero-order valence-electron chi connectivity index (χ0n) is 16.8. The normalized spacial score (nSPS) is 20.9. The molecule has 0 bridgehead atoms. The fraction of sp³-hybridized carbons (Fsp3) is 0.375. The van der Waals surface area contributed by atoms with Crippen molar-refractivity contribution in [2.75, 3.05) is 16.8 Å². The summed E-state index contributed by atoms with van der Waals surface area (Å²) in [5.74, 6) is -2.36. The first-order valence-electron chi connectivity index (χ1n) is 10.6. The monoisotopic (exact) mass is 406 g/mol. The molecule has 2 aromatic carbocycles. The predicted octanol–water partition coefficient (Wildman–Crippen LogP) is 4.11. The molecule has 1 fully saturated rings. The number of hydrogen-bond donors (Lipinski definition) is 2. The summed E-state index contributed by atoms with van der Waals surface area (Å²) in [7, 11) is 0. The molecule has 4 rings (SSSR count). The van der Waals surface area contributed by atoms with Crippen molar-refractivity contribution in [3.05, 3.63) is 59.7 Å². The third kappa shape index (κ3) is 4.08. The molecule has 2 aromatic rings. The van der Waals surface area contributed by atoms with Gasteiger partial charge in [-0.15, -0.1) is 0 Å². The molecule has 2 amide bonds. The van der Waals surface area contributed by atoms with E-state index >= 15 is 0 Å². The van der Waals surface area contributed by atoms with Crippen molar-refractivity contribution < 1.29 is 19.5 Å². The second-order valence-corrected chi connectivity index (χ2v) is 8.09. The highest BCUT2D eigenvalue weighted by Gasteiger charge is 2.35. The fourth-order valence-electron chi connectivity index (χ4n) is 4.57. The highest BCUT2D eigenvalue weighted by molar-refractivity contribution is 6.07. The number of carboxylic acid groups (broad SMARTS) is 1. The van der Waals surface area contributed by atoms with Gasteiger partial charge in [-0.1, -0.05) is 31.0 Å². The fourth-order valence-corrected chi connectivity index (χ4v) is 4.57. The van der Waals surface area contributed by atoms with Gasteiger partial charge in [0.2, 0.25) is 5.91 Å². The van der Waals surface area contributed by atoms with Crippen LogP contribution < -0.4 is 10.2 Å². The number of benzene rings is 2. The highest BCUT2D eigenvalue weighted by atomic mass is 16.4. The number of nitrogens with one attached hydrogen (secondary N) is 1. The third-order valence-corrected chi connectivity index (χ3v) is 6.17. The average Bonchev–Trinajstić information content (AvgIpc) is 2.78. The van der Waals surface area contributed by atoms with E-state index in [-0.39, 0.29) is 11.8 Å².